The van der Waals surface area contributed by atoms with E-state index in [2.05, 4.69) is 5.10 Å². The van der Waals surface area contributed by atoms with Crippen LogP contribution in [0, 0.1) is 13.8 Å². The van der Waals surface area contributed by atoms with Gasteiger partial charge < -0.3 is 14.7 Å². The number of nitrogens with zero attached hydrogens (tertiary/aromatic N) is 5. The standard InChI is InChI=1S/C22H27N5O3/c1-16-4-3-5-18(10-16)13-25-14-21(29)27-9-8-24(7-6-19(27)22(25)30)20(28)15-26-12-17(2)11-23-26/h3-5,10-12,19H,6-9,13-15H2,1-2H3. The molecule has 2 fully saturated rings. The van der Waals surface area contributed by atoms with Crippen LogP contribution in [-0.2, 0) is 27.5 Å². The molecule has 0 aliphatic carbocycles. The van der Waals surface area contributed by atoms with Gasteiger partial charge >= 0.3 is 0 Å². The summed E-state index contributed by atoms with van der Waals surface area (Å²) in [6.07, 6.45) is 4.00. The molecule has 3 heterocycles. The molecule has 8 nitrogen and oxygen atoms in total. The van der Waals surface area contributed by atoms with E-state index < -0.39 is 6.04 Å². The van der Waals surface area contributed by atoms with E-state index in [1.54, 1.807) is 25.6 Å². The van der Waals surface area contributed by atoms with Crippen molar-refractivity contribution in [2.45, 2.75) is 39.4 Å². The predicted molar refractivity (Wildman–Crippen MR) is 110 cm³/mol. The zero-order chi connectivity index (χ0) is 21.3. The average molecular weight is 409 g/mol. The first kappa shape index (κ1) is 20.1. The van der Waals surface area contributed by atoms with Gasteiger partial charge in [-0.2, -0.15) is 5.10 Å². The quantitative estimate of drug-likeness (QED) is 0.754. The number of fused-ring (bicyclic) bond motifs is 1. The maximum Gasteiger partial charge on any atom is 0.246 e. The largest absolute Gasteiger partial charge is 0.339 e. The van der Waals surface area contributed by atoms with E-state index in [1.807, 2.05) is 44.3 Å². The number of rotatable bonds is 4. The summed E-state index contributed by atoms with van der Waals surface area (Å²) in [7, 11) is 0. The molecule has 1 atom stereocenters. The second-order valence-electron chi connectivity index (χ2n) is 8.17. The number of aromatic nitrogens is 2. The lowest BCUT2D eigenvalue weighted by molar-refractivity contribution is -0.156. The van der Waals surface area contributed by atoms with Gasteiger partial charge in [-0.25, -0.2) is 0 Å². The van der Waals surface area contributed by atoms with Gasteiger partial charge in [0.15, 0.2) is 0 Å². The van der Waals surface area contributed by atoms with Crippen molar-refractivity contribution in [1.29, 1.82) is 0 Å². The minimum absolute atomic E-state index is 0.0342. The van der Waals surface area contributed by atoms with Crippen molar-refractivity contribution in [2.75, 3.05) is 26.2 Å². The molecule has 1 aromatic carbocycles. The fourth-order valence-corrected chi connectivity index (χ4v) is 4.23. The molecule has 0 radical (unpaired) electrons. The summed E-state index contributed by atoms with van der Waals surface area (Å²) >= 11 is 0. The highest BCUT2D eigenvalue weighted by molar-refractivity contribution is 5.95. The monoisotopic (exact) mass is 409 g/mol. The van der Waals surface area contributed by atoms with Crippen LogP contribution in [0.15, 0.2) is 36.7 Å². The molecule has 8 heteroatoms. The zero-order valence-electron chi connectivity index (χ0n) is 17.5. The number of hydrogen-bond acceptors (Lipinski definition) is 4. The molecule has 1 aromatic heterocycles. The molecule has 1 unspecified atom stereocenters. The molecule has 2 aliphatic heterocycles. The third kappa shape index (κ3) is 4.22. The molecule has 30 heavy (non-hydrogen) atoms. The van der Waals surface area contributed by atoms with Crippen molar-refractivity contribution in [3.8, 4) is 0 Å². The Balaban J connectivity index is 1.42. The summed E-state index contributed by atoms with van der Waals surface area (Å²) in [4.78, 5) is 43.6. The molecular formula is C22H27N5O3. The number of carbonyl (C=O) groups is 3. The summed E-state index contributed by atoms with van der Waals surface area (Å²) in [5.74, 6) is -0.133. The lowest BCUT2D eigenvalue weighted by Gasteiger charge is -2.39. The molecule has 2 aliphatic rings. The molecule has 4 rings (SSSR count). The van der Waals surface area contributed by atoms with Crippen LogP contribution in [0.1, 0.15) is 23.1 Å². The number of aryl methyl sites for hydroxylation is 2. The van der Waals surface area contributed by atoms with Crippen LogP contribution in [0.25, 0.3) is 0 Å². The molecular weight excluding hydrogens is 382 g/mol. The summed E-state index contributed by atoms with van der Waals surface area (Å²) in [6.45, 7) is 5.90. The topological polar surface area (TPSA) is 78.8 Å². The number of hydrogen-bond donors (Lipinski definition) is 0. The molecule has 0 N–H and O–H groups in total. The molecule has 158 valence electrons. The van der Waals surface area contributed by atoms with Crippen LogP contribution in [0.2, 0.25) is 0 Å². The van der Waals surface area contributed by atoms with Gasteiger partial charge in [-0.1, -0.05) is 29.8 Å². The number of amides is 3. The maximum atomic E-state index is 13.1. The average Bonchev–Trinajstić information content (AvgIpc) is 2.97. The van der Waals surface area contributed by atoms with Crippen molar-refractivity contribution < 1.29 is 14.4 Å². The van der Waals surface area contributed by atoms with E-state index >= 15 is 0 Å². The van der Waals surface area contributed by atoms with E-state index in [9.17, 15) is 14.4 Å². The Morgan fingerprint density at radius 3 is 2.70 bits per heavy atom. The Morgan fingerprint density at radius 1 is 1.13 bits per heavy atom. The molecule has 2 saturated heterocycles. The second kappa shape index (κ2) is 8.30. The third-order valence-corrected chi connectivity index (χ3v) is 5.77. The van der Waals surface area contributed by atoms with E-state index in [0.717, 1.165) is 16.7 Å². The van der Waals surface area contributed by atoms with E-state index in [0.29, 0.717) is 32.6 Å². The lowest BCUT2D eigenvalue weighted by Crippen LogP contribution is -2.59. The number of benzene rings is 1. The van der Waals surface area contributed by atoms with Crippen LogP contribution in [-0.4, -0.2) is 74.4 Å². The SMILES string of the molecule is Cc1cccc(CN2CC(=O)N3CCN(C(=O)Cn4cc(C)cn4)CCC3C2=O)c1. The third-order valence-electron chi connectivity index (χ3n) is 5.77. The Hall–Kier alpha value is -3.16. The Morgan fingerprint density at radius 2 is 1.97 bits per heavy atom. The molecule has 0 spiro atoms. The van der Waals surface area contributed by atoms with Gasteiger partial charge in [0.1, 0.15) is 19.1 Å². The van der Waals surface area contributed by atoms with E-state index in [1.165, 1.54) is 0 Å². The first-order chi connectivity index (χ1) is 14.4. The van der Waals surface area contributed by atoms with Gasteiger partial charge in [0.2, 0.25) is 17.7 Å². The summed E-state index contributed by atoms with van der Waals surface area (Å²) in [6, 6.07) is 7.48. The van der Waals surface area contributed by atoms with Gasteiger partial charge in [-0.15, -0.1) is 0 Å². The maximum absolute atomic E-state index is 13.1. The van der Waals surface area contributed by atoms with E-state index in [-0.39, 0.29) is 30.8 Å². The van der Waals surface area contributed by atoms with Crippen LogP contribution in [0.5, 0.6) is 0 Å². The van der Waals surface area contributed by atoms with Crippen molar-refractivity contribution >= 4 is 17.7 Å². The first-order valence-corrected chi connectivity index (χ1v) is 10.3. The number of carbonyl (C=O) groups excluding carboxylic acids is 3. The number of piperazine rings is 1. The van der Waals surface area contributed by atoms with Crippen molar-refractivity contribution in [1.82, 2.24) is 24.5 Å². The molecule has 3 amide bonds. The van der Waals surface area contributed by atoms with Crippen molar-refractivity contribution in [3.63, 3.8) is 0 Å². The van der Waals surface area contributed by atoms with Gasteiger partial charge in [-0.05, 0) is 31.4 Å². The minimum atomic E-state index is -0.499. The van der Waals surface area contributed by atoms with Gasteiger partial charge in [0.05, 0.1) is 6.20 Å². The summed E-state index contributed by atoms with van der Waals surface area (Å²) < 4.78 is 1.62. The smallest absolute Gasteiger partial charge is 0.246 e. The van der Waals surface area contributed by atoms with Gasteiger partial charge in [0.25, 0.3) is 0 Å². The highest BCUT2D eigenvalue weighted by atomic mass is 16.2. The highest BCUT2D eigenvalue weighted by Gasteiger charge is 2.41. The molecule has 0 saturated carbocycles. The lowest BCUT2D eigenvalue weighted by atomic mass is 10.1. The second-order valence-corrected chi connectivity index (χ2v) is 8.17. The van der Waals surface area contributed by atoms with Crippen LogP contribution in [0.4, 0.5) is 0 Å². The summed E-state index contributed by atoms with van der Waals surface area (Å²) in [5.41, 5.74) is 3.14. The summed E-state index contributed by atoms with van der Waals surface area (Å²) in [5, 5.41) is 4.17. The minimum Gasteiger partial charge on any atom is -0.339 e. The molecule has 0 bridgehead atoms. The zero-order valence-corrected chi connectivity index (χ0v) is 17.5. The van der Waals surface area contributed by atoms with Crippen LogP contribution < -0.4 is 0 Å². The van der Waals surface area contributed by atoms with Crippen LogP contribution in [0.3, 0.4) is 0 Å². The van der Waals surface area contributed by atoms with Gasteiger partial charge in [0, 0.05) is 32.4 Å². The fraction of sp³-hybridized carbons (Fsp3) is 0.455. The van der Waals surface area contributed by atoms with Crippen molar-refractivity contribution in [3.05, 3.63) is 53.3 Å². The molecule has 2 aromatic rings. The predicted octanol–water partition coefficient (Wildman–Crippen LogP) is 0.972. The highest BCUT2D eigenvalue weighted by Crippen LogP contribution is 2.21. The fourth-order valence-electron chi connectivity index (χ4n) is 4.23. The normalized spacial score (nSPS) is 19.7. The Bertz CT molecular complexity index is 969. The van der Waals surface area contributed by atoms with E-state index in [4.69, 9.17) is 0 Å². The van der Waals surface area contributed by atoms with Gasteiger partial charge in [-0.3, -0.25) is 19.1 Å². The van der Waals surface area contributed by atoms with Crippen molar-refractivity contribution in [2.24, 2.45) is 0 Å². The Labute approximate surface area is 176 Å². The Kier molecular flexibility index (Phi) is 5.57. The van der Waals surface area contributed by atoms with Crippen LogP contribution >= 0.6 is 0 Å². The first-order valence-electron chi connectivity index (χ1n) is 10.3.